The van der Waals surface area contributed by atoms with Crippen molar-refractivity contribution < 1.29 is 9.53 Å². The van der Waals surface area contributed by atoms with E-state index in [1.165, 1.54) is 0 Å². The van der Waals surface area contributed by atoms with Crippen molar-refractivity contribution in [2.45, 2.75) is 39.7 Å². The molecule has 1 amide bonds. The molecule has 3 nitrogen and oxygen atoms in total. The van der Waals surface area contributed by atoms with Crippen molar-refractivity contribution in [3.8, 4) is 0 Å². The molecule has 0 aliphatic carbocycles. The smallest absolute Gasteiger partial charge is 0.407 e. The lowest BCUT2D eigenvalue weighted by atomic mass is 10.2. The Labute approximate surface area is 80.2 Å². The zero-order chi connectivity index (χ0) is 10.3. The van der Waals surface area contributed by atoms with Gasteiger partial charge in [0.05, 0.1) is 0 Å². The van der Waals surface area contributed by atoms with Crippen molar-refractivity contribution in [1.29, 1.82) is 0 Å². The van der Waals surface area contributed by atoms with E-state index in [1.54, 1.807) is 0 Å². The minimum absolute atomic E-state index is 0.00942. The highest BCUT2D eigenvalue weighted by Crippen LogP contribution is 1.97. The number of ether oxygens (including phenoxy) is 1. The summed E-state index contributed by atoms with van der Waals surface area (Å²) in [7, 11) is 0. The van der Waals surface area contributed by atoms with E-state index >= 15 is 0 Å². The van der Waals surface area contributed by atoms with E-state index in [-0.39, 0.29) is 12.2 Å². The first kappa shape index (κ1) is 12.0. The number of carbonyl (C=O) groups is 1. The summed E-state index contributed by atoms with van der Waals surface area (Å²) in [6.45, 7) is 10.1. The Morgan fingerprint density at radius 2 is 2.23 bits per heavy atom. The van der Waals surface area contributed by atoms with Crippen molar-refractivity contribution in [3.63, 3.8) is 0 Å². The Hall–Kier alpha value is -0.990. The van der Waals surface area contributed by atoms with Gasteiger partial charge in [0.25, 0.3) is 0 Å². The van der Waals surface area contributed by atoms with E-state index in [2.05, 4.69) is 11.9 Å². The van der Waals surface area contributed by atoms with Gasteiger partial charge in [-0.25, -0.2) is 4.79 Å². The summed E-state index contributed by atoms with van der Waals surface area (Å²) in [5.74, 6) is 0. The summed E-state index contributed by atoms with van der Waals surface area (Å²) >= 11 is 0. The average Bonchev–Trinajstić information content (AvgIpc) is 2.03. The van der Waals surface area contributed by atoms with Gasteiger partial charge in [-0.2, -0.15) is 0 Å². The standard InChI is InChI=1S/C10H19NO2/c1-5-9(4)13-10(12)11-7-6-8(2)3/h9H,2,5-7H2,1,3-4H3,(H,11,12). The lowest BCUT2D eigenvalue weighted by Gasteiger charge is -2.11. The van der Waals surface area contributed by atoms with Crippen LogP contribution in [0.1, 0.15) is 33.6 Å². The maximum Gasteiger partial charge on any atom is 0.407 e. The third-order valence-electron chi connectivity index (χ3n) is 1.70. The first-order valence-electron chi connectivity index (χ1n) is 4.65. The van der Waals surface area contributed by atoms with Crippen molar-refractivity contribution >= 4 is 6.09 Å². The van der Waals surface area contributed by atoms with Crippen molar-refractivity contribution in [3.05, 3.63) is 12.2 Å². The van der Waals surface area contributed by atoms with Gasteiger partial charge in [-0.15, -0.1) is 6.58 Å². The Kier molecular flexibility index (Phi) is 6.02. The fraction of sp³-hybridized carbons (Fsp3) is 0.700. The van der Waals surface area contributed by atoms with Crippen LogP contribution in [0.15, 0.2) is 12.2 Å². The Balaban J connectivity index is 3.46. The average molecular weight is 185 g/mol. The van der Waals surface area contributed by atoms with Crippen LogP contribution in [0.25, 0.3) is 0 Å². The van der Waals surface area contributed by atoms with Crippen LogP contribution in [0.3, 0.4) is 0 Å². The molecule has 0 heterocycles. The third-order valence-corrected chi connectivity index (χ3v) is 1.70. The van der Waals surface area contributed by atoms with E-state index in [4.69, 9.17) is 4.74 Å². The highest BCUT2D eigenvalue weighted by Gasteiger charge is 2.05. The van der Waals surface area contributed by atoms with E-state index in [0.29, 0.717) is 6.54 Å². The fourth-order valence-corrected chi connectivity index (χ4v) is 0.686. The molecule has 0 radical (unpaired) electrons. The van der Waals surface area contributed by atoms with Crippen LogP contribution < -0.4 is 5.32 Å². The molecule has 0 saturated carbocycles. The number of rotatable bonds is 5. The zero-order valence-electron chi connectivity index (χ0n) is 8.72. The predicted molar refractivity (Wildman–Crippen MR) is 53.7 cm³/mol. The monoisotopic (exact) mass is 185 g/mol. The Morgan fingerprint density at radius 3 is 2.69 bits per heavy atom. The van der Waals surface area contributed by atoms with E-state index in [1.807, 2.05) is 20.8 Å². The van der Waals surface area contributed by atoms with Gasteiger partial charge >= 0.3 is 6.09 Å². The van der Waals surface area contributed by atoms with Crippen LogP contribution in [0.5, 0.6) is 0 Å². The van der Waals surface area contributed by atoms with Crippen LogP contribution in [0, 0.1) is 0 Å². The van der Waals surface area contributed by atoms with Crippen LogP contribution in [0.2, 0.25) is 0 Å². The zero-order valence-corrected chi connectivity index (χ0v) is 8.72. The maximum absolute atomic E-state index is 11.0. The second kappa shape index (κ2) is 6.52. The Bertz CT molecular complexity index is 178. The van der Waals surface area contributed by atoms with E-state index in [9.17, 15) is 4.79 Å². The molecule has 0 spiro atoms. The third kappa shape index (κ3) is 7.37. The summed E-state index contributed by atoms with van der Waals surface area (Å²) in [6, 6.07) is 0. The SMILES string of the molecule is C=C(C)CCNC(=O)OC(C)CC. The van der Waals surface area contributed by atoms with Gasteiger partial charge < -0.3 is 10.1 Å². The molecule has 0 saturated heterocycles. The van der Waals surface area contributed by atoms with Crippen LogP contribution >= 0.6 is 0 Å². The predicted octanol–water partition coefficient (Wildman–Crippen LogP) is 2.48. The van der Waals surface area contributed by atoms with E-state index < -0.39 is 0 Å². The molecule has 1 N–H and O–H groups in total. The van der Waals surface area contributed by atoms with Crippen LogP contribution in [0.4, 0.5) is 4.79 Å². The lowest BCUT2D eigenvalue weighted by Crippen LogP contribution is -2.28. The highest BCUT2D eigenvalue weighted by atomic mass is 16.6. The van der Waals surface area contributed by atoms with Crippen molar-refractivity contribution in [2.24, 2.45) is 0 Å². The van der Waals surface area contributed by atoms with Gasteiger partial charge in [0, 0.05) is 6.54 Å². The number of carbonyl (C=O) groups excluding carboxylic acids is 1. The summed E-state index contributed by atoms with van der Waals surface area (Å²) in [5, 5.41) is 2.66. The minimum Gasteiger partial charge on any atom is -0.447 e. The number of hydrogen-bond acceptors (Lipinski definition) is 2. The number of nitrogens with one attached hydrogen (secondary N) is 1. The molecule has 0 bridgehead atoms. The van der Waals surface area contributed by atoms with Gasteiger partial charge in [0.15, 0.2) is 0 Å². The molecule has 0 aromatic rings. The van der Waals surface area contributed by atoms with Gasteiger partial charge in [0.1, 0.15) is 6.10 Å². The van der Waals surface area contributed by atoms with Crippen LogP contribution in [-0.2, 0) is 4.74 Å². The molecule has 76 valence electrons. The lowest BCUT2D eigenvalue weighted by molar-refractivity contribution is 0.105. The molecule has 13 heavy (non-hydrogen) atoms. The maximum atomic E-state index is 11.0. The molecule has 3 heteroatoms. The van der Waals surface area contributed by atoms with E-state index in [0.717, 1.165) is 18.4 Å². The summed E-state index contributed by atoms with van der Waals surface area (Å²) in [4.78, 5) is 11.0. The first-order valence-corrected chi connectivity index (χ1v) is 4.65. The van der Waals surface area contributed by atoms with Crippen LogP contribution in [-0.4, -0.2) is 18.7 Å². The van der Waals surface area contributed by atoms with Gasteiger partial charge in [0.2, 0.25) is 0 Å². The number of hydrogen-bond donors (Lipinski definition) is 1. The molecule has 0 aliphatic rings. The van der Waals surface area contributed by atoms with Gasteiger partial charge in [-0.05, 0) is 26.7 Å². The van der Waals surface area contributed by atoms with Gasteiger partial charge in [-0.1, -0.05) is 12.5 Å². The molecule has 1 unspecified atom stereocenters. The molecule has 0 fully saturated rings. The quantitative estimate of drug-likeness (QED) is 0.668. The highest BCUT2D eigenvalue weighted by molar-refractivity contribution is 5.67. The fourth-order valence-electron chi connectivity index (χ4n) is 0.686. The van der Waals surface area contributed by atoms with Crippen molar-refractivity contribution in [2.75, 3.05) is 6.54 Å². The minimum atomic E-state index is -0.337. The number of amides is 1. The molecule has 1 atom stereocenters. The summed E-state index contributed by atoms with van der Waals surface area (Å²) in [6.07, 6.45) is 1.30. The Morgan fingerprint density at radius 1 is 1.62 bits per heavy atom. The summed E-state index contributed by atoms with van der Waals surface area (Å²) < 4.78 is 5.00. The molecule has 0 aromatic carbocycles. The topological polar surface area (TPSA) is 38.3 Å². The largest absolute Gasteiger partial charge is 0.447 e. The van der Waals surface area contributed by atoms with Crippen molar-refractivity contribution in [1.82, 2.24) is 5.32 Å². The normalized spacial score (nSPS) is 11.9. The number of alkyl carbamates (subject to hydrolysis) is 1. The second-order valence-corrected chi connectivity index (χ2v) is 3.26. The molecular formula is C10H19NO2. The summed E-state index contributed by atoms with van der Waals surface area (Å²) in [5.41, 5.74) is 1.06. The molecular weight excluding hydrogens is 166 g/mol. The van der Waals surface area contributed by atoms with Gasteiger partial charge in [-0.3, -0.25) is 0 Å². The second-order valence-electron chi connectivity index (χ2n) is 3.26. The molecule has 0 aromatic heterocycles. The first-order chi connectivity index (χ1) is 6.06. The molecule has 0 aliphatic heterocycles. The molecule has 0 rings (SSSR count).